The first-order valence-electron chi connectivity index (χ1n) is 12.5. The van der Waals surface area contributed by atoms with Gasteiger partial charge in [0.05, 0.1) is 25.2 Å². The molecule has 3 heterocycles. The van der Waals surface area contributed by atoms with Crippen molar-refractivity contribution in [3.63, 3.8) is 0 Å². The summed E-state index contributed by atoms with van der Waals surface area (Å²) in [6, 6.07) is 7.02. The smallest absolute Gasteiger partial charge is 0.186 e. The minimum atomic E-state index is -1.84. The van der Waals surface area contributed by atoms with Crippen molar-refractivity contribution in [2.24, 2.45) is 0 Å². The molecule has 2 fully saturated rings. The van der Waals surface area contributed by atoms with Crippen molar-refractivity contribution in [3.05, 3.63) is 47.0 Å². The Labute approximate surface area is 226 Å². The molecule has 0 spiro atoms. The van der Waals surface area contributed by atoms with E-state index in [4.69, 9.17) is 18.9 Å². The first-order valence-corrected chi connectivity index (χ1v) is 12.5. The number of aliphatic hydroxyl groups excluding tert-OH is 6. The fourth-order valence-electron chi connectivity index (χ4n) is 5.16. The number of phenols is 3. The van der Waals surface area contributed by atoms with Crippen molar-refractivity contribution < 1.29 is 69.7 Å². The highest BCUT2D eigenvalue weighted by Crippen LogP contribution is 2.50. The number of carbonyl (C=O) groups excluding carboxylic acids is 1. The maximum Gasteiger partial charge on any atom is 0.186 e. The lowest BCUT2D eigenvalue weighted by Gasteiger charge is -2.45. The van der Waals surface area contributed by atoms with Gasteiger partial charge in [0.2, 0.25) is 0 Å². The van der Waals surface area contributed by atoms with E-state index in [9.17, 15) is 50.8 Å². The Kier molecular flexibility index (Phi) is 7.89. The number of hydrogen-bond donors (Lipinski definition) is 9. The minimum Gasteiger partial charge on any atom is -0.508 e. The maximum absolute atomic E-state index is 13.2. The second-order valence-electron chi connectivity index (χ2n) is 9.97. The lowest BCUT2D eigenvalue weighted by atomic mass is 9.87. The molecule has 2 aromatic rings. The summed E-state index contributed by atoms with van der Waals surface area (Å²) in [7, 11) is 0. The van der Waals surface area contributed by atoms with Crippen molar-refractivity contribution in [1.82, 2.24) is 0 Å². The van der Waals surface area contributed by atoms with E-state index in [1.54, 1.807) is 12.1 Å². The van der Waals surface area contributed by atoms with Crippen LogP contribution >= 0.6 is 0 Å². The van der Waals surface area contributed by atoms with Crippen LogP contribution in [0.1, 0.15) is 40.1 Å². The fraction of sp³-hybridized carbons (Fsp3) is 0.500. The van der Waals surface area contributed by atoms with Crippen molar-refractivity contribution in [2.45, 2.75) is 67.6 Å². The molecular formula is C26H30O14. The van der Waals surface area contributed by atoms with Crippen LogP contribution in [0, 0.1) is 0 Å². The summed E-state index contributed by atoms with van der Waals surface area (Å²) in [4.78, 5) is 13.2. The SMILES string of the molecule is O=C1C[C@H](c2ccc(O)cc2)Oc2cc(O)c([C@@H]3O[C@H](CO)[C@H](O)[C@H](O)[C@@H]3O[C@@H]3OC[C@H](O)[C@H](O)[C@@H]3O)c(O)c21. The number of carbonyl (C=O) groups is 1. The van der Waals surface area contributed by atoms with Gasteiger partial charge in [0.15, 0.2) is 12.1 Å². The number of benzene rings is 2. The molecule has 40 heavy (non-hydrogen) atoms. The van der Waals surface area contributed by atoms with Gasteiger partial charge in [-0.1, -0.05) is 12.1 Å². The normalized spacial score (nSPS) is 36.1. The number of hydrogen-bond acceptors (Lipinski definition) is 14. The number of rotatable bonds is 5. The average Bonchev–Trinajstić information content (AvgIpc) is 2.92. The Bertz CT molecular complexity index is 1230. The summed E-state index contributed by atoms with van der Waals surface area (Å²) < 4.78 is 22.5. The molecule has 0 aliphatic carbocycles. The molecule has 0 aromatic heterocycles. The summed E-state index contributed by atoms with van der Waals surface area (Å²) in [6.07, 6.45) is -15.8. The van der Waals surface area contributed by atoms with E-state index in [1.165, 1.54) is 12.1 Å². The van der Waals surface area contributed by atoms with Crippen molar-refractivity contribution in [2.75, 3.05) is 13.2 Å². The number of ketones is 1. The van der Waals surface area contributed by atoms with Crippen LogP contribution in [-0.4, -0.2) is 114 Å². The third-order valence-electron chi connectivity index (χ3n) is 7.36. The zero-order valence-electron chi connectivity index (χ0n) is 20.8. The molecule has 0 unspecified atom stereocenters. The number of aromatic hydroxyl groups is 3. The van der Waals surface area contributed by atoms with E-state index < -0.39 is 97.3 Å². The molecular weight excluding hydrogens is 536 g/mol. The number of Topliss-reactive ketones (excluding diaryl/α,β-unsaturated/α-hetero) is 1. The molecule has 3 aliphatic rings. The molecule has 0 saturated carbocycles. The summed E-state index contributed by atoms with van der Waals surface area (Å²) in [5.74, 6) is -2.10. The average molecular weight is 567 g/mol. The monoisotopic (exact) mass is 566 g/mol. The second-order valence-corrected chi connectivity index (χ2v) is 9.97. The van der Waals surface area contributed by atoms with E-state index in [1.807, 2.05) is 0 Å². The minimum absolute atomic E-state index is 0.0146. The number of ether oxygens (including phenoxy) is 4. The quantitative estimate of drug-likeness (QED) is 0.200. The predicted molar refractivity (Wildman–Crippen MR) is 130 cm³/mol. The van der Waals surface area contributed by atoms with Gasteiger partial charge < -0.3 is 64.9 Å². The third kappa shape index (κ3) is 4.98. The number of aliphatic hydroxyl groups is 6. The van der Waals surface area contributed by atoms with Gasteiger partial charge in [-0.05, 0) is 17.7 Å². The highest BCUT2D eigenvalue weighted by Gasteiger charge is 2.51. The van der Waals surface area contributed by atoms with Crippen LogP contribution in [0.15, 0.2) is 30.3 Å². The molecule has 14 heteroatoms. The maximum atomic E-state index is 13.2. The van der Waals surface area contributed by atoms with Crippen LogP contribution < -0.4 is 4.74 Å². The van der Waals surface area contributed by atoms with Gasteiger partial charge in [0, 0.05) is 6.07 Å². The third-order valence-corrected chi connectivity index (χ3v) is 7.36. The Morgan fingerprint density at radius 3 is 2.30 bits per heavy atom. The molecule has 2 aromatic carbocycles. The van der Waals surface area contributed by atoms with Crippen molar-refractivity contribution >= 4 is 5.78 Å². The van der Waals surface area contributed by atoms with Gasteiger partial charge in [-0.25, -0.2) is 0 Å². The summed E-state index contributed by atoms with van der Waals surface area (Å²) in [5, 5.41) is 92.8. The molecule has 5 rings (SSSR count). The molecule has 14 nitrogen and oxygen atoms in total. The Hall–Kier alpha value is -3.05. The van der Waals surface area contributed by atoms with E-state index in [0.29, 0.717) is 5.56 Å². The standard InChI is InChI=1S/C26H30O14/c27-7-16-20(33)22(35)25(40-26-23(36)19(32)13(31)8-37-26)24(39-16)18-12(30)6-15-17(21(18)34)11(29)5-14(38-15)9-1-3-10(28)4-2-9/h1-4,6,13-14,16,19-20,22-28,30-36H,5,7-8H2/t13-,14+,16+,19-,20-,22-,23-,24-,25-,26-/m0/s1. The molecule has 0 bridgehead atoms. The van der Waals surface area contributed by atoms with E-state index in [2.05, 4.69) is 0 Å². The zero-order valence-corrected chi connectivity index (χ0v) is 20.8. The van der Waals surface area contributed by atoms with Gasteiger partial charge in [0.1, 0.15) is 83.5 Å². The molecule has 10 atom stereocenters. The van der Waals surface area contributed by atoms with Crippen LogP contribution in [0.2, 0.25) is 0 Å². The van der Waals surface area contributed by atoms with Gasteiger partial charge >= 0.3 is 0 Å². The summed E-state index contributed by atoms with van der Waals surface area (Å²) >= 11 is 0. The Morgan fingerprint density at radius 1 is 0.925 bits per heavy atom. The van der Waals surface area contributed by atoms with Crippen LogP contribution in [0.5, 0.6) is 23.0 Å². The molecule has 218 valence electrons. The molecule has 0 amide bonds. The number of phenolic OH excluding ortho intramolecular Hbond substituents is 3. The van der Waals surface area contributed by atoms with Crippen molar-refractivity contribution in [3.8, 4) is 23.0 Å². The molecule has 0 radical (unpaired) electrons. The molecule has 3 aliphatic heterocycles. The van der Waals surface area contributed by atoms with Gasteiger partial charge in [-0.2, -0.15) is 0 Å². The van der Waals surface area contributed by atoms with Gasteiger partial charge in [-0.15, -0.1) is 0 Å². The summed E-state index contributed by atoms with van der Waals surface area (Å²) in [5.41, 5.74) is -0.164. The van der Waals surface area contributed by atoms with Gasteiger partial charge in [0.25, 0.3) is 0 Å². The van der Waals surface area contributed by atoms with E-state index in [-0.39, 0.29) is 23.5 Å². The van der Waals surface area contributed by atoms with Crippen LogP contribution in [0.3, 0.4) is 0 Å². The van der Waals surface area contributed by atoms with E-state index >= 15 is 0 Å². The molecule has 9 N–H and O–H groups in total. The highest BCUT2D eigenvalue weighted by atomic mass is 16.7. The van der Waals surface area contributed by atoms with Crippen LogP contribution in [0.4, 0.5) is 0 Å². The first-order chi connectivity index (χ1) is 19.0. The van der Waals surface area contributed by atoms with E-state index in [0.717, 1.165) is 6.07 Å². The number of fused-ring (bicyclic) bond motifs is 1. The first kappa shape index (κ1) is 28.5. The van der Waals surface area contributed by atoms with Crippen molar-refractivity contribution in [1.29, 1.82) is 0 Å². The molecule has 2 saturated heterocycles. The summed E-state index contributed by atoms with van der Waals surface area (Å²) in [6.45, 7) is -1.22. The van der Waals surface area contributed by atoms with Crippen LogP contribution in [0.25, 0.3) is 0 Å². The Balaban J connectivity index is 1.51. The second kappa shape index (κ2) is 11.1. The Morgan fingerprint density at radius 2 is 1.62 bits per heavy atom. The van der Waals surface area contributed by atoms with Gasteiger partial charge in [-0.3, -0.25) is 4.79 Å². The lowest BCUT2D eigenvalue weighted by molar-refractivity contribution is -0.325. The largest absolute Gasteiger partial charge is 0.508 e. The lowest BCUT2D eigenvalue weighted by Crippen LogP contribution is -2.60. The highest BCUT2D eigenvalue weighted by molar-refractivity contribution is 6.03. The zero-order chi connectivity index (χ0) is 28.9. The van der Waals surface area contributed by atoms with Crippen LogP contribution in [-0.2, 0) is 14.2 Å². The fourth-order valence-corrected chi connectivity index (χ4v) is 5.16. The predicted octanol–water partition coefficient (Wildman–Crippen LogP) is -1.51. The topological polar surface area (TPSA) is 236 Å².